The molecule has 0 saturated carbocycles. The zero-order valence-electron chi connectivity index (χ0n) is 22.2. The number of fused-ring (bicyclic) bond motifs is 1. The number of hydrogen-bond acceptors (Lipinski definition) is 7. The molecule has 4 rings (SSSR count). The van der Waals surface area contributed by atoms with Gasteiger partial charge in [0, 0.05) is 29.6 Å². The predicted octanol–water partition coefficient (Wildman–Crippen LogP) is 4.71. The number of methoxy groups -OCH3 is 2. The molecule has 1 saturated heterocycles. The summed E-state index contributed by atoms with van der Waals surface area (Å²) in [6.45, 7) is 7.15. The Morgan fingerprint density at radius 3 is 2.35 bits per heavy atom. The minimum absolute atomic E-state index is 0.0421. The molecule has 1 fully saturated rings. The first-order valence-corrected chi connectivity index (χ1v) is 13.0. The van der Waals surface area contributed by atoms with Gasteiger partial charge in [-0.1, -0.05) is 19.1 Å². The van der Waals surface area contributed by atoms with E-state index in [-0.39, 0.29) is 17.8 Å². The second-order valence-electron chi connectivity index (χ2n) is 9.35. The maximum Gasteiger partial charge on any atom is 0.309 e. The van der Waals surface area contributed by atoms with Gasteiger partial charge < -0.3 is 29.7 Å². The fraction of sp³-hybridized carbons (Fsp3) is 0.448. The molecule has 0 radical (unpaired) electrons. The van der Waals surface area contributed by atoms with Gasteiger partial charge in [0.25, 0.3) is 5.91 Å². The Morgan fingerprint density at radius 2 is 1.73 bits per heavy atom. The number of anilines is 2. The number of esters is 1. The number of piperidine rings is 1. The van der Waals surface area contributed by atoms with Gasteiger partial charge in [0.1, 0.15) is 0 Å². The van der Waals surface area contributed by atoms with Gasteiger partial charge in [0.2, 0.25) is 0 Å². The van der Waals surface area contributed by atoms with Crippen molar-refractivity contribution in [3.05, 3.63) is 53.2 Å². The molecule has 0 bridgehead atoms. The summed E-state index contributed by atoms with van der Waals surface area (Å²) in [5, 5.41) is 6.40. The Morgan fingerprint density at radius 1 is 1.05 bits per heavy atom. The van der Waals surface area contributed by atoms with Crippen molar-refractivity contribution in [2.24, 2.45) is 5.92 Å². The normalized spacial score (nSPS) is 17.1. The average Bonchev–Trinajstić information content (AvgIpc) is 3.25. The predicted molar refractivity (Wildman–Crippen MR) is 145 cm³/mol. The number of amides is 1. The van der Waals surface area contributed by atoms with Crippen LogP contribution in [0.5, 0.6) is 11.5 Å². The number of ether oxygens (including phenoxy) is 3. The monoisotopic (exact) mass is 507 g/mol. The molecule has 2 aliphatic rings. The molecule has 0 aromatic heterocycles. The lowest BCUT2D eigenvalue weighted by Crippen LogP contribution is -2.38. The van der Waals surface area contributed by atoms with E-state index in [1.807, 2.05) is 19.9 Å². The highest BCUT2D eigenvalue weighted by atomic mass is 16.5. The van der Waals surface area contributed by atoms with Crippen LogP contribution in [0.15, 0.2) is 42.1 Å². The third-order valence-electron chi connectivity index (χ3n) is 7.10. The van der Waals surface area contributed by atoms with Crippen LogP contribution in [0.2, 0.25) is 0 Å². The number of carbonyl (C=O) groups excluding carboxylic acids is 2. The number of nitrogens with one attached hydrogen (secondary N) is 2. The molecule has 0 unspecified atom stereocenters. The van der Waals surface area contributed by atoms with Crippen LogP contribution in [0.4, 0.5) is 11.4 Å². The molecule has 2 aliphatic heterocycles. The van der Waals surface area contributed by atoms with E-state index in [1.165, 1.54) is 5.56 Å². The summed E-state index contributed by atoms with van der Waals surface area (Å²) in [5.74, 6) is 1.01. The zero-order valence-corrected chi connectivity index (χ0v) is 22.2. The second-order valence-corrected chi connectivity index (χ2v) is 9.35. The number of benzene rings is 2. The van der Waals surface area contributed by atoms with Crippen molar-refractivity contribution in [2.75, 3.05) is 51.1 Å². The van der Waals surface area contributed by atoms with Crippen molar-refractivity contribution in [2.45, 2.75) is 39.5 Å². The molecule has 198 valence electrons. The Bertz CT molecular complexity index is 1150. The van der Waals surface area contributed by atoms with Gasteiger partial charge in [-0.2, -0.15) is 0 Å². The van der Waals surface area contributed by atoms with E-state index in [2.05, 4.69) is 39.8 Å². The molecule has 2 N–H and O–H groups in total. The summed E-state index contributed by atoms with van der Waals surface area (Å²) in [6, 6.07) is 12.0. The Labute approximate surface area is 219 Å². The summed E-state index contributed by atoms with van der Waals surface area (Å²) in [7, 11) is 3.17. The first-order chi connectivity index (χ1) is 18.0. The number of allylic oxidation sites excluding steroid dienone is 1. The minimum Gasteiger partial charge on any atom is -0.493 e. The lowest BCUT2D eigenvalue weighted by molar-refractivity contribution is -0.149. The van der Waals surface area contributed by atoms with Crippen LogP contribution in [-0.2, 0) is 20.7 Å². The van der Waals surface area contributed by atoms with Crippen molar-refractivity contribution in [3.63, 3.8) is 0 Å². The van der Waals surface area contributed by atoms with Crippen molar-refractivity contribution < 1.29 is 23.8 Å². The number of nitrogens with zero attached hydrogens (tertiary/aromatic N) is 1. The molecule has 2 aromatic rings. The Hall–Kier alpha value is -3.52. The fourth-order valence-corrected chi connectivity index (χ4v) is 4.99. The van der Waals surface area contributed by atoms with Gasteiger partial charge in [-0.15, -0.1) is 0 Å². The van der Waals surface area contributed by atoms with Gasteiger partial charge in [0.05, 0.1) is 38.0 Å². The molecule has 2 heterocycles. The van der Waals surface area contributed by atoms with Crippen LogP contribution in [-0.4, -0.2) is 57.2 Å². The van der Waals surface area contributed by atoms with Crippen LogP contribution in [0.25, 0.3) is 5.57 Å². The largest absolute Gasteiger partial charge is 0.493 e. The molecule has 37 heavy (non-hydrogen) atoms. The Kier molecular flexibility index (Phi) is 8.71. The first-order valence-electron chi connectivity index (χ1n) is 13.0. The number of likely N-dealkylation sites (tertiary alicyclic amines) is 1. The molecular formula is C29H37N3O5. The molecule has 0 aliphatic carbocycles. The third kappa shape index (κ3) is 6.07. The van der Waals surface area contributed by atoms with Crippen molar-refractivity contribution in [1.29, 1.82) is 0 Å². The van der Waals surface area contributed by atoms with Crippen LogP contribution in [0.1, 0.15) is 44.2 Å². The van der Waals surface area contributed by atoms with E-state index in [1.54, 1.807) is 20.3 Å². The smallest absolute Gasteiger partial charge is 0.309 e. The maximum absolute atomic E-state index is 12.9. The molecule has 8 heteroatoms. The average molecular weight is 508 g/mol. The summed E-state index contributed by atoms with van der Waals surface area (Å²) in [5.41, 5.74) is 5.17. The van der Waals surface area contributed by atoms with Crippen molar-refractivity contribution in [3.8, 4) is 11.5 Å². The quantitative estimate of drug-likeness (QED) is 0.356. The van der Waals surface area contributed by atoms with Crippen molar-refractivity contribution in [1.82, 2.24) is 4.90 Å². The van der Waals surface area contributed by atoms with Crippen LogP contribution >= 0.6 is 0 Å². The minimum atomic E-state index is -0.141. The fourth-order valence-electron chi connectivity index (χ4n) is 4.99. The zero-order chi connectivity index (χ0) is 26.4. The van der Waals surface area contributed by atoms with Crippen LogP contribution in [0.3, 0.4) is 0 Å². The van der Waals surface area contributed by atoms with Crippen LogP contribution < -0.4 is 20.1 Å². The maximum atomic E-state index is 12.9. The van der Waals surface area contributed by atoms with E-state index in [9.17, 15) is 9.59 Å². The molecular weight excluding hydrogens is 470 g/mol. The van der Waals surface area contributed by atoms with E-state index in [0.29, 0.717) is 35.8 Å². The van der Waals surface area contributed by atoms with Gasteiger partial charge in [-0.05, 0) is 69.5 Å². The molecule has 0 atom stereocenters. The number of rotatable bonds is 10. The topological polar surface area (TPSA) is 89.1 Å². The highest BCUT2D eigenvalue weighted by Crippen LogP contribution is 2.42. The lowest BCUT2D eigenvalue weighted by atomic mass is 9.96. The Balaban J connectivity index is 1.39. The van der Waals surface area contributed by atoms with E-state index < -0.39 is 0 Å². The second kappa shape index (κ2) is 12.1. The molecule has 8 nitrogen and oxygen atoms in total. The number of hydrogen-bond donors (Lipinski definition) is 2. The molecule has 1 amide bonds. The van der Waals surface area contributed by atoms with E-state index in [0.717, 1.165) is 55.8 Å². The number of carbonyl (C=O) groups is 2. The lowest BCUT2D eigenvalue weighted by Gasteiger charge is -2.30. The van der Waals surface area contributed by atoms with E-state index >= 15 is 0 Å². The highest BCUT2D eigenvalue weighted by Gasteiger charge is 2.29. The van der Waals surface area contributed by atoms with Gasteiger partial charge in [0.15, 0.2) is 11.5 Å². The summed E-state index contributed by atoms with van der Waals surface area (Å²) < 4.78 is 16.0. The SMILES string of the molecule is CCOC(=O)C1CCN(CCc2ccc(NC(CC)=C3C(=O)Nc4cc(OC)c(OC)cc43)cc2)CC1. The third-order valence-corrected chi connectivity index (χ3v) is 7.10. The summed E-state index contributed by atoms with van der Waals surface area (Å²) in [4.78, 5) is 27.2. The standard InChI is InChI=1S/C29H37N3O5/c1-5-23(27-22-17-25(35-3)26(36-4)18-24(22)31-28(27)33)30-21-9-7-19(8-10-21)11-14-32-15-12-20(13-16-32)29(34)37-6-2/h7-10,17-18,20,30H,5-6,11-16H2,1-4H3,(H,31,33). The highest BCUT2D eigenvalue weighted by molar-refractivity contribution is 6.32. The van der Waals surface area contributed by atoms with Crippen LogP contribution in [0, 0.1) is 5.92 Å². The summed E-state index contributed by atoms with van der Waals surface area (Å²) >= 11 is 0. The first kappa shape index (κ1) is 26.5. The van der Waals surface area contributed by atoms with Crippen molar-refractivity contribution >= 4 is 28.8 Å². The van der Waals surface area contributed by atoms with Gasteiger partial charge in [-0.3, -0.25) is 9.59 Å². The van der Waals surface area contributed by atoms with Gasteiger partial charge >= 0.3 is 5.97 Å². The van der Waals surface area contributed by atoms with Gasteiger partial charge in [-0.25, -0.2) is 0 Å². The van der Waals surface area contributed by atoms with E-state index in [4.69, 9.17) is 14.2 Å². The summed E-state index contributed by atoms with van der Waals surface area (Å²) in [6.07, 6.45) is 3.35. The molecule has 2 aromatic carbocycles. The molecule has 0 spiro atoms.